The fourth-order valence-corrected chi connectivity index (χ4v) is 2.37. The molecule has 0 aliphatic rings. The molecular formula is C16H18BrNO2. The second kappa shape index (κ2) is 7.20. The van der Waals surface area contributed by atoms with E-state index >= 15 is 0 Å². The van der Waals surface area contributed by atoms with Gasteiger partial charge in [-0.25, -0.2) is 0 Å². The van der Waals surface area contributed by atoms with Crippen LogP contribution in [0.1, 0.15) is 12.0 Å². The lowest BCUT2D eigenvalue weighted by molar-refractivity contribution is 0.246. The first-order valence-electron chi connectivity index (χ1n) is 6.52. The Bertz CT molecular complexity index is 572. The second-order valence-corrected chi connectivity index (χ2v) is 5.41. The third-order valence-electron chi connectivity index (χ3n) is 2.76. The van der Waals surface area contributed by atoms with Crippen molar-refractivity contribution in [1.82, 2.24) is 0 Å². The quantitative estimate of drug-likeness (QED) is 0.635. The first-order valence-corrected chi connectivity index (χ1v) is 7.32. The minimum atomic E-state index is 0.604. The van der Waals surface area contributed by atoms with Crippen LogP contribution in [0.25, 0.3) is 0 Å². The molecule has 0 unspecified atom stereocenters. The Morgan fingerprint density at radius 2 is 1.85 bits per heavy atom. The summed E-state index contributed by atoms with van der Waals surface area (Å²) < 4.78 is 12.3. The predicted molar refractivity (Wildman–Crippen MR) is 85.3 cm³/mol. The number of halogens is 1. The summed E-state index contributed by atoms with van der Waals surface area (Å²) in [6.07, 6.45) is 0.815. The van der Waals surface area contributed by atoms with Gasteiger partial charge >= 0.3 is 0 Å². The van der Waals surface area contributed by atoms with E-state index in [-0.39, 0.29) is 0 Å². The van der Waals surface area contributed by atoms with Crippen LogP contribution in [0.4, 0.5) is 5.69 Å². The zero-order valence-corrected chi connectivity index (χ0v) is 13.0. The van der Waals surface area contributed by atoms with Crippen LogP contribution in [-0.4, -0.2) is 13.2 Å². The van der Waals surface area contributed by atoms with E-state index in [0.29, 0.717) is 18.9 Å². The highest BCUT2D eigenvalue weighted by molar-refractivity contribution is 9.10. The topological polar surface area (TPSA) is 44.5 Å². The van der Waals surface area contributed by atoms with Crippen molar-refractivity contribution in [3.63, 3.8) is 0 Å². The summed E-state index contributed by atoms with van der Waals surface area (Å²) in [7, 11) is 0. The maximum Gasteiger partial charge on any atom is 0.133 e. The van der Waals surface area contributed by atoms with Crippen molar-refractivity contribution >= 4 is 21.6 Å². The van der Waals surface area contributed by atoms with Crippen LogP contribution in [0.5, 0.6) is 11.5 Å². The third kappa shape index (κ3) is 4.46. The zero-order chi connectivity index (χ0) is 14.4. The Morgan fingerprint density at radius 1 is 1.05 bits per heavy atom. The number of nitrogens with two attached hydrogens (primary N) is 1. The van der Waals surface area contributed by atoms with E-state index in [1.54, 1.807) is 0 Å². The van der Waals surface area contributed by atoms with E-state index in [0.717, 1.165) is 22.4 Å². The Labute approximate surface area is 127 Å². The van der Waals surface area contributed by atoms with E-state index in [2.05, 4.69) is 15.9 Å². The molecular weight excluding hydrogens is 318 g/mol. The smallest absolute Gasteiger partial charge is 0.133 e. The average molecular weight is 336 g/mol. The lowest BCUT2D eigenvalue weighted by Crippen LogP contribution is -2.05. The van der Waals surface area contributed by atoms with Gasteiger partial charge in [-0.1, -0.05) is 12.1 Å². The van der Waals surface area contributed by atoms with E-state index in [9.17, 15) is 0 Å². The first kappa shape index (κ1) is 14.7. The van der Waals surface area contributed by atoms with Crippen molar-refractivity contribution in [1.29, 1.82) is 0 Å². The summed E-state index contributed by atoms with van der Waals surface area (Å²) in [5, 5.41) is 0. The molecule has 0 heterocycles. The highest BCUT2D eigenvalue weighted by atomic mass is 79.9. The largest absolute Gasteiger partial charge is 0.493 e. The van der Waals surface area contributed by atoms with Crippen molar-refractivity contribution in [2.45, 2.75) is 13.3 Å². The molecule has 0 amide bonds. The molecule has 0 fully saturated rings. The number of benzene rings is 2. The standard InChI is InChI=1S/C16H18BrNO2/c1-12-6-7-16(15(17)10-12)20-9-3-8-19-14-5-2-4-13(18)11-14/h2,4-7,10-11H,3,8-9,18H2,1H3. The van der Waals surface area contributed by atoms with Crippen molar-refractivity contribution < 1.29 is 9.47 Å². The Morgan fingerprint density at radius 3 is 2.60 bits per heavy atom. The molecule has 2 aromatic rings. The molecule has 2 aromatic carbocycles. The minimum Gasteiger partial charge on any atom is -0.493 e. The van der Waals surface area contributed by atoms with E-state index in [1.807, 2.05) is 49.4 Å². The van der Waals surface area contributed by atoms with Gasteiger partial charge in [0, 0.05) is 18.2 Å². The van der Waals surface area contributed by atoms with Crippen molar-refractivity contribution in [2.24, 2.45) is 0 Å². The number of hydrogen-bond acceptors (Lipinski definition) is 3. The molecule has 0 aromatic heterocycles. The van der Waals surface area contributed by atoms with Crippen LogP contribution in [-0.2, 0) is 0 Å². The van der Waals surface area contributed by atoms with Crippen LogP contribution >= 0.6 is 15.9 Å². The van der Waals surface area contributed by atoms with Crippen LogP contribution in [0.15, 0.2) is 46.9 Å². The Balaban J connectivity index is 1.71. The van der Waals surface area contributed by atoms with Crippen molar-refractivity contribution in [3.8, 4) is 11.5 Å². The molecule has 0 saturated carbocycles. The van der Waals surface area contributed by atoms with E-state index in [4.69, 9.17) is 15.2 Å². The lowest BCUT2D eigenvalue weighted by Gasteiger charge is -2.10. The van der Waals surface area contributed by atoms with Crippen LogP contribution < -0.4 is 15.2 Å². The maximum absolute atomic E-state index is 5.70. The fourth-order valence-electron chi connectivity index (χ4n) is 1.76. The van der Waals surface area contributed by atoms with Crippen LogP contribution in [0.2, 0.25) is 0 Å². The lowest BCUT2D eigenvalue weighted by atomic mass is 10.2. The molecule has 0 atom stereocenters. The molecule has 3 nitrogen and oxygen atoms in total. The number of hydrogen-bond donors (Lipinski definition) is 1. The molecule has 2 N–H and O–H groups in total. The summed E-state index contributed by atoms with van der Waals surface area (Å²) in [5.74, 6) is 1.65. The molecule has 20 heavy (non-hydrogen) atoms. The van der Waals surface area contributed by atoms with Crippen molar-refractivity contribution in [2.75, 3.05) is 18.9 Å². The summed E-state index contributed by atoms with van der Waals surface area (Å²) in [6.45, 7) is 3.27. The van der Waals surface area contributed by atoms with Crippen molar-refractivity contribution in [3.05, 3.63) is 52.5 Å². The zero-order valence-electron chi connectivity index (χ0n) is 11.4. The summed E-state index contributed by atoms with van der Waals surface area (Å²) >= 11 is 3.49. The highest BCUT2D eigenvalue weighted by Gasteiger charge is 2.01. The average Bonchev–Trinajstić information content (AvgIpc) is 2.41. The van der Waals surface area contributed by atoms with Gasteiger partial charge in [0.2, 0.25) is 0 Å². The highest BCUT2D eigenvalue weighted by Crippen LogP contribution is 2.25. The SMILES string of the molecule is Cc1ccc(OCCCOc2cccc(N)c2)c(Br)c1. The second-order valence-electron chi connectivity index (χ2n) is 4.56. The predicted octanol–water partition coefficient (Wildman–Crippen LogP) is 4.19. The maximum atomic E-state index is 5.70. The van der Waals surface area contributed by atoms with Gasteiger partial charge in [-0.2, -0.15) is 0 Å². The molecule has 0 saturated heterocycles. The molecule has 0 aliphatic carbocycles. The third-order valence-corrected chi connectivity index (χ3v) is 3.38. The molecule has 4 heteroatoms. The molecule has 0 spiro atoms. The minimum absolute atomic E-state index is 0.604. The Kier molecular flexibility index (Phi) is 5.30. The van der Waals surface area contributed by atoms with E-state index in [1.165, 1.54) is 5.56 Å². The first-order chi connectivity index (χ1) is 9.65. The summed E-state index contributed by atoms with van der Waals surface area (Å²) in [4.78, 5) is 0. The number of nitrogen functional groups attached to an aromatic ring is 1. The number of aryl methyl sites for hydroxylation is 1. The molecule has 0 radical (unpaired) electrons. The normalized spacial score (nSPS) is 10.3. The number of ether oxygens (including phenoxy) is 2. The van der Waals surface area contributed by atoms with Gasteiger partial charge in [0.1, 0.15) is 11.5 Å². The Hall–Kier alpha value is -1.68. The number of anilines is 1. The molecule has 2 rings (SSSR count). The number of rotatable bonds is 6. The van der Waals surface area contributed by atoms with Gasteiger partial charge in [0.05, 0.1) is 17.7 Å². The van der Waals surface area contributed by atoms with Gasteiger partial charge < -0.3 is 15.2 Å². The monoisotopic (exact) mass is 335 g/mol. The fraction of sp³-hybridized carbons (Fsp3) is 0.250. The van der Waals surface area contributed by atoms with Gasteiger partial charge in [-0.05, 0) is 52.7 Å². The van der Waals surface area contributed by atoms with Gasteiger partial charge in [-0.3, -0.25) is 0 Å². The van der Waals surface area contributed by atoms with Crippen LogP contribution in [0.3, 0.4) is 0 Å². The van der Waals surface area contributed by atoms with Crippen LogP contribution in [0, 0.1) is 6.92 Å². The molecule has 0 aliphatic heterocycles. The van der Waals surface area contributed by atoms with Gasteiger partial charge in [-0.15, -0.1) is 0 Å². The molecule has 106 valence electrons. The summed E-state index contributed by atoms with van der Waals surface area (Å²) in [6, 6.07) is 13.5. The molecule has 0 bridgehead atoms. The van der Waals surface area contributed by atoms with Gasteiger partial charge in [0.25, 0.3) is 0 Å². The van der Waals surface area contributed by atoms with Gasteiger partial charge in [0.15, 0.2) is 0 Å². The summed E-state index contributed by atoms with van der Waals surface area (Å²) in [5.41, 5.74) is 7.60. The van der Waals surface area contributed by atoms with E-state index < -0.39 is 0 Å².